The molecule has 2 N–H and O–H groups in total. The van der Waals surface area contributed by atoms with Crippen LogP contribution in [0, 0.1) is 0 Å². The van der Waals surface area contributed by atoms with Crippen LogP contribution in [0.25, 0.3) is 0 Å². The summed E-state index contributed by atoms with van der Waals surface area (Å²) in [5, 5.41) is 12.2. The molecule has 0 fully saturated rings. The van der Waals surface area contributed by atoms with Gasteiger partial charge in [-0.1, -0.05) is 11.6 Å². The molecule has 0 aliphatic carbocycles. The van der Waals surface area contributed by atoms with E-state index in [1.165, 1.54) is 44.4 Å². The van der Waals surface area contributed by atoms with E-state index in [0.717, 1.165) is 0 Å². The summed E-state index contributed by atoms with van der Waals surface area (Å²) < 4.78 is 10.2. The summed E-state index contributed by atoms with van der Waals surface area (Å²) in [4.78, 5) is 24.2. The summed E-state index contributed by atoms with van der Waals surface area (Å²) >= 11 is 5.90. The van der Waals surface area contributed by atoms with Crippen LogP contribution in [0.2, 0.25) is 5.02 Å². The van der Waals surface area contributed by atoms with Crippen LogP contribution in [-0.4, -0.2) is 30.2 Å². The fourth-order valence-corrected chi connectivity index (χ4v) is 2.06. The SMILES string of the molecule is COc1ccc(Cl)cc1NC(=O)[C@@H](C)OC(=O)c1ccc(O)cc1. The number of benzene rings is 2. The third-order valence-corrected chi connectivity index (χ3v) is 3.41. The number of amides is 1. The Morgan fingerprint density at radius 1 is 1.17 bits per heavy atom. The quantitative estimate of drug-likeness (QED) is 0.809. The molecule has 24 heavy (non-hydrogen) atoms. The van der Waals surface area contributed by atoms with Crippen molar-refractivity contribution in [2.75, 3.05) is 12.4 Å². The Hall–Kier alpha value is -2.73. The standard InChI is InChI=1S/C17H16ClNO5/c1-10(24-17(22)11-3-6-13(20)7-4-11)16(21)19-14-9-12(18)5-8-15(14)23-2/h3-10,20H,1-2H3,(H,19,21)/t10-/m1/s1. The second kappa shape index (κ2) is 7.70. The van der Waals surface area contributed by atoms with E-state index in [1.54, 1.807) is 12.1 Å². The topological polar surface area (TPSA) is 84.9 Å². The highest BCUT2D eigenvalue weighted by atomic mass is 35.5. The number of ether oxygens (including phenoxy) is 2. The molecule has 0 saturated heterocycles. The highest BCUT2D eigenvalue weighted by Crippen LogP contribution is 2.27. The van der Waals surface area contributed by atoms with Crippen LogP contribution in [0.4, 0.5) is 5.69 Å². The van der Waals surface area contributed by atoms with Gasteiger partial charge < -0.3 is 19.9 Å². The average molecular weight is 350 g/mol. The lowest BCUT2D eigenvalue weighted by atomic mass is 10.2. The lowest BCUT2D eigenvalue weighted by Gasteiger charge is -2.15. The minimum atomic E-state index is -1.03. The molecule has 0 heterocycles. The van der Waals surface area contributed by atoms with Gasteiger partial charge in [-0.15, -0.1) is 0 Å². The Kier molecular flexibility index (Phi) is 5.65. The zero-order valence-corrected chi connectivity index (χ0v) is 13.8. The Morgan fingerprint density at radius 2 is 1.83 bits per heavy atom. The van der Waals surface area contributed by atoms with Crippen LogP contribution in [0.15, 0.2) is 42.5 Å². The number of esters is 1. The first kappa shape index (κ1) is 17.6. The number of methoxy groups -OCH3 is 1. The first-order chi connectivity index (χ1) is 11.4. The van der Waals surface area contributed by atoms with Crippen molar-refractivity contribution in [2.45, 2.75) is 13.0 Å². The number of hydrogen-bond acceptors (Lipinski definition) is 5. The molecule has 6 nitrogen and oxygen atoms in total. The maximum atomic E-state index is 12.2. The summed E-state index contributed by atoms with van der Waals surface area (Å²) in [5.41, 5.74) is 0.607. The Labute approximate surface area is 144 Å². The summed E-state index contributed by atoms with van der Waals surface area (Å²) in [5.74, 6) is -0.728. The fourth-order valence-electron chi connectivity index (χ4n) is 1.89. The van der Waals surface area contributed by atoms with E-state index in [9.17, 15) is 14.7 Å². The largest absolute Gasteiger partial charge is 0.508 e. The molecule has 0 unspecified atom stereocenters. The lowest BCUT2D eigenvalue weighted by molar-refractivity contribution is -0.123. The number of halogens is 1. The van der Waals surface area contributed by atoms with E-state index in [1.807, 2.05) is 0 Å². The van der Waals surface area contributed by atoms with E-state index in [4.69, 9.17) is 21.1 Å². The molecular formula is C17H16ClNO5. The van der Waals surface area contributed by atoms with E-state index in [-0.39, 0.29) is 11.3 Å². The molecule has 2 aromatic carbocycles. The van der Waals surface area contributed by atoms with Crippen molar-refractivity contribution in [3.05, 3.63) is 53.1 Å². The van der Waals surface area contributed by atoms with Crippen molar-refractivity contribution in [1.82, 2.24) is 0 Å². The molecule has 2 aromatic rings. The normalized spacial score (nSPS) is 11.5. The Bertz CT molecular complexity index is 745. The van der Waals surface area contributed by atoms with Crippen molar-refractivity contribution >= 4 is 29.2 Å². The first-order valence-electron chi connectivity index (χ1n) is 7.05. The smallest absolute Gasteiger partial charge is 0.338 e. The molecule has 2 rings (SSSR count). The second-order valence-corrected chi connectivity index (χ2v) is 5.36. The Balaban J connectivity index is 2.03. The van der Waals surface area contributed by atoms with Crippen LogP contribution in [-0.2, 0) is 9.53 Å². The molecule has 0 bridgehead atoms. The highest BCUT2D eigenvalue weighted by Gasteiger charge is 2.20. The molecule has 0 saturated carbocycles. The van der Waals surface area contributed by atoms with E-state index in [2.05, 4.69) is 5.32 Å². The van der Waals surface area contributed by atoms with E-state index >= 15 is 0 Å². The van der Waals surface area contributed by atoms with Crippen LogP contribution < -0.4 is 10.1 Å². The van der Waals surface area contributed by atoms with Gasteiger partial charge in [-0.3, -0.25) is 4.79 Å². The first-order valence-corrected chi connectivity index (χ1v) is 7.43. The van der Waals surface area contributed by atoms with E-state index in [0.29, 0.717) is 16.5 Å². The third kappa shape index (κ3) is 4.39. The van der Waals surface area contributed by atoms with Gasteiger partial charge in [0.15, 0.2) is 6.10 Å². The number of anilines is 1. The molecule has 1 atom stereocenters. The third-order valence-electron chi connectivity index (χ3n) is 3.18. The van der Waals surface area contributed by atoms with Crippen molar-refractivity contribution < 1.29 is 24.2 Å². The fraction of sp³-hybridized carbons (Fsp3) is 0.176. The van der Waals surface area contributed by atoms with Gasteiger partial charge in [-0.25, -0.2) is 4.79 Å². The number of phenolic OH excluding ortho intramolecular Hbond substituents is 1. The Morgan fingerprint density at radius 3 is 2.46 bits per heavy atom. The molecule has 126 valence electrons. The number of rotatable bonds is 5. The van der Waals surface area contributed by atoms with Gasteiger partial charge in [0.2, 0.25) is 0 Å². The average Bonchev–Trinajstić information content (AvgIpc) is 2.55. The molecule has 7 heteroatoms. The minimum absolute atomic E-state index is 0.0328. The van der Waals surface area contributed by atoms with Crippen molar-refractivity contribution in [2.24, 2.45) is 0 Å². The van der Waals surface area contributed by atoms with Crippen LogP contribution in [0.3, 0.4) is 0 Å². The van der Waals surface area contributed by atoms with Gasteiger partial charge >= 0.3 is 5.97 Å². The van der Waals surface area contributed by atoms with Gasteiger partial charge in [0.25, 0.3) is 5.91 Å². The van der Waals surface area contributed by atoms with Crippen molar-refractivity contribution in [3.63, 3.8) is 0 Å². The van der Waals surface area contributed by atoms with E-state index < -0.39 is 18.0 Å². The lowest BCUT2D eigenvalue weighted by Crippen LogP contribution is -2.30. The van der Waals surface area contributed by atoms with Gasteiger partial charge in [-0.05, 0) is 49.4 Å². The highest BCUT2D eigenvalue weighted by molar-refractivity contribution is 6.31. The predicted molar refractivity (Wildman–Crippen MR) is 89.6 cm³/mol. The number of carbonyl (C=O) groups excluding carboxylic acids is 2. The summed E-state index contributed by atoms with van der Waals surface area (Å²) in [6.07, 6.45) is -1.03. The number of nitrogens with one attached hydrogen (secondary N) is 1. The zero-order valence-electron chi connectivity index (χ0n) is 13.1. The van der Waals surface area contributed by atoms with Crippen molar-refractivity contribution in [3.8, 4) is 11.5 Å². The number of aromatic hydroxyl groups is 1. The summed E-state index contributed by atoms with van der Waals surface area (Å²) in [7, 11) is 1.47. The second-order valence-electron chi connectivity index (χ2n) is 4.93. The summed E-state index contributed by atoms with van der Waals surface area (Å²) in [6, 6.07) is 10.3. The maximum absolute atomic E-state index is 12.2. The predicted octanol–water partition coefficient (Wildman–Crippen LogP) is 3.24. The number of hydrogen-bond donors (Lipinski definition) is 2. The number of phenols is 1. The van der Waals surface area contributed by atoms with Crippen LogP contribution >= 0.6 is 11.6 Å². The summed E-state index contributed by atoms with van der Waals surface area (Å²) in [6.45, 7) is 1.45. The van der Waals surface area contributed by atoms with Gasteiger partial charge in [0, 0.05) is 5.02 Å². The maximum Gasteiger partial charge on any atom is 0.338 e. The molecule has 1 amide bonds. The number of carbonyl (C=O) groups is 2. The van der Waals surface area contributed by atoms with Crippen LogP contribution in [0.5, 0.6) is 11.5 Å². The van der Waals surface area contributed by atoms with Gasteiger partial charge in [0.1, 0.15) is 11.5 Å². The molecule has 0 aliphatic heterocycles. The minimum Gasteiger partial charge on any atom is -0.508 e. The van der Waals surface area contributed by atoms with Gasteiger partial charge in [0.05, 0.1) is 18.4 Å². The van der Waals surface area contributed by atoms with Crippen molar-refractivity contribution in [1.29, 1.82) is 0 Å². The molecule has 0 radical (unpaired) electrons. The molecule has 0 spiro atoms. The van der Waals surface area contributed by atoms with Crippen LogP contribution in [0.1, 0.15) is 17.3 Å². The monoisotopic (exact) mass is 349 g/mol. The molecule has 0 aromatic heterocycles. The van der Waals surface area contributed by atoms with Gasteiger partial charge in [-0.2, -0.15) is 0 Å². The zero-order chi connectivity index (χ0) is 17.7. The molecule has 0 aliphatic rings. The molecular weight excluding hydrogens is 334 g/mol.